The van der Waals surface area contributed by atoms with Crippen molar-refractivity contribution in [3.8, 4) is 17.1 Å². The van der Waals surface area contributed by atoms with Gasteiger partial charge >= 0.3 is 0 Å². The normalized spacial score (nSPS) is 11.7. The standard InChI is InChI=1S/C25H16Cl2N4O3S/c26-17-6-9-19(10-7-17)28-22(32)14-34-20-11-8-18(27)12-16(20)13-21-24(33)31-25(35-21)29-23(30-31)15-4-2-1-3-5-15/h1-13H,14H2,(H,28,32)/b21-13-. The first-order valence-electron chi connectivity index (χ1n) is 10.4. The van der Waals surface area contributed by atoms with Gasteiger partial charge in [-0.25, -0.2) is 0 Å². The maximum atomic E-state index is 13.0. The first-order valence-corrected chi connectivity index (χ1v) is 12.0. The minimum atomic E-state index is -0.343. The summed E-state index contributed by atoms with van der Waals surface area (Å²) in [5, 5.41) is 8.13. The third kappa shape index (κ3) is 5.19. The average Bonchev–Trinajstić information content (AvgIpc) is 3.40. The largest absolute Gasteiger partial charge is 0.483 e. The summed E-state index contributed by atoms with van der Waals surface area (Å²) in [5.41, 5.74) is 1.69. The Morgan fingerprint density at radius 2 is 1.77 bits per heavy atom. The van der Waals surface area contributed by atoms with Crippen LogP contribution in [0.4, 0.5) is 5.69 Å². The van der Waals surface area contributed by atoms with E-state index in [0.29, 0.717) is 42.4 Å². The molecule has 10 heteroatoms. The number of amides is 1. The van der Waals surface area contributed by atoms with Crippen LogP contribution in [0, 0.1) is 0 Å². The SMILES string of the molecule is O=C(COc1ccc(Cl)cc1/C=c1\sc2nc(-c3ccccc3)nn2c1=O)Nc1ccc(Cl)cc1. The molecule has 3 aromatic carbocycles. The van der Waals surface area contributed by atoms with Crippen LogP contribution in [0.5, 0.6) is 5.75 Å². The molecule has 2 aromatic heterocycles. The van der Waals surface area contributed by atoms with Crippen molar-refractivity contribution in [3.63, 3.8) is 0 Å². The summed E-state index contributed by atoms with van der Waals surface area (Å²) < 4.78 is 7.43. The third-order valence-corrected chi connectivity index (χ3v) is 6.41. The highest BCUT2D eigenvalue weighted by Crippen LogP contribution is 2.24. The van der Waals surface area contributed by atoms with E-state index in [2.05, 4.69) is 15.4 Å². The van der Waals surface area contributed by atoms with Crippen LogP contribution in [0.3, 0.4) is 0 Å². The van der Waals surface area contributed by atoms with Gasteiger partial charge in [-0.05, 0) is 48.5 Å². The van der Waals surface area contributed by atoms with Gasteiger partial charge in [-0.3, -0.25) is 9.59 Å². The number of benzene rings is 3. The van der Waals surface area contributed by atoms with Gasteiger partial charge in [0, 0.05) is 26.9 Å². The van der Waals surface area contributed by atoms with Crippen LogP contribution in [-0.4, -0.2) is 27.1 Å². The number of rotatable bonds is 6. The molecule has 0 aliphatic carbocycles. The smallest absolute Gasteiger partial charge is 0.291 e. The van der Waals surface area contributed by atoms with E-state index in [9.17, 15) is 9.59 Å². The summed E-state index contributed by atoms with van der Waals surface area (Å²) in [7, 11) is 0. The Balaban J connectivity index is 1.39. The van der Waals surface area contributed by atoms with E-state index in [1.54, 1.807) is 48.5 Å². The summed E-state index contributed by atoms with van der Waals surface area (Å²) in [6, 6.07) is 21.2. The van der Waals surface area contributed by atoms with Crippen molar-refractivity contribution in [2.24, 2.45) is 0 Å². The van der Waals surface area contributed by atoms with Crippen LogP contribution in [0.25, 0.3) is 22.4 Å². The van der Waals surface area contributed by atoms with E-state index in [1.807, 2.05) is 30.3 Å². The van der Waals surface area contributed by atoms with E-state index in [0.717, 1.165) is 5.56 Å². The zero-order valence-corrected chi connectivity index (χ0v) is 20.3. The molecule has 0 aliphatic rings. The predicted molar refractivity (Wildman–Crippen MR) is 138 cm³/mol. The molecule has 1 amide bonds. The number of nitrogens with zero attached hydrogens (tertiary/aromatic N) is 3. The minimum absolute atomic E-state index is 0.231. The molecule has 1 N–H and O–H groups in total. The molecule has 0 bridgehead atoms. The highest BCUT2D eigenvalue weighted by molar-refractivity contribution is 7.15. The number of ether oxygens (including phenoxy) is 1. The molecule has 0 aliphatic heterocycles. The van der Waals surface area contributed by atoms with Gasteiger partial charge in [-0.2, -0.15) is 9.50 Å². The molecule has 0 unspecified atom stereocenters. The van der Waals surface area contributed by atoms with Crippen molar-refractivity contribution in [1.29, 1.82) is 0 Å². The lowest BCUT2D eigenvalue weighted by Gasteiger charge is -2.10. The maximum absolute atomic E-state index is 13.0. The van der Waals surface area contributed by atoms with Crippen LogP contribution in [0.1, 0.15) is 5.56 Å². The molecule has 5 aromatic rings. The van der Waals surface area contributed by atoms with Gasteiger partial charge in [0.1, 0.15) is 5.75 Å². The fourth-order valence-electron chi connectivity index (χ4n) is 3.32. The van der Waals surface area contributed by atoms with E-state index in [-0.39, 0.29) is 18.1 Å². The Morgan fingerprint density at radius 3 is 2.51 bits per heavy atom. The number of halogens is 2. The Kier molecular flexibility index (Phi) is 6.50. The fourth-order valence-corrected chi connectivity index (χ4v) is 4.53. The molecule has 0 spiro atoms. The summed E-state index contributed by atoms with van der Waals surface area (Å²) in [5.74, 6) is 0.549. The van der Waals surface area contributed by atoms with Crippen molar-refractivity contribution in [3.05, 3.63) is 103 Å². The lowest BCUT2D eigenvalue weighted by Crippen LogP contribution is -2.24. The molecular formula is C25H16Cl2N4O3S. The van der Waals surface area contributed by atoms with E-state index in [1.165, 1.54) is 15.9 Å². The van der Waals surface area contributed by atoms with Gasteiger partial charge in [-0.1, -0.05) is 64.9 Å². The second-order valence-corrected chi connectivity index (χ2v) is 9.32. The van der Waals surface area contributed by atoms with Crippen molar-refractivity contribution >= 4 is 57.2 Å². The van der Waals surface area contributed by atoms with Crippen molar-refractivity contribution in [2.75, 3.05) is 11.9 Å². The Morgan fingerprint density at radius 1 is 1.03 bits per heavy atom. The molecule has 0 atom stereocenters. The maximum Gasteiger partial charge on any atom is 0.291 e. The van der Waals surface area contributed by atoms with Crippen LogP contribution in [0.2, 0.25) is 10.0 Å². The van der Waals surface area contributed by atoms with Gasteiger partial charge in [0.2, 0.25) is 4.96 Å². The molecule has 0 saturated heterocycles. The van der Waals surface area contributed by atoms with Gasteiger partial charge in [0.25, 0.3) is 11.5 Å². The number of hydrogen-bond acceptors (Lipinski definition) is 6. The first-order chi connectivity index (χ1) is 17.0. The number of carbonyl (C=O) groups is 1. The van der Waals surface area contributed by atoms with Crippen LogP contribution in [0.15, 0.2) is 77.6 Å². The number of aromatic nitrogens is 3. The number of anilines is 1. The molecule has 0 fully saturated rings. The molecule has 2 heterocycles. The third-order valence-electron chi connectivity index (χ3n) is 4.96. The van der Waals surface area contributed by atoms with Gasteiger partial charge < -0.3 is 10.1 Å². The fraction of sp³-hybridized carbons (Fsp3) is 0.0400. The predicted octanol–water partition coefficient (Wildman–Crippen LogP) is 4.69. The number of carbonyl (C=O) groups excluding carboxylic acids is 1. The lowest BCUT2D eigenvalue weighted by molar-refractivity contribution is -0.118. The number of hydrogen-bond donors (Lipinski definition) is 1. The van der Waals surface area contributed by atoms with E-state index < -0.39 is 0 Å². The molecule has 0 saturated carbocycles. The average molecular weight is 523 g/mol. The topological polar surface area (TPSA) is 85.6 Å². The van der Waals surface area contributed by atoms with Crippen molar-refractivity contribution < 1.29 is 9.53 Å². The summed E-state index contributed by atoms with van der Waals surface area (Å²) in [6.45, 7) is -0.231. The van der Waals surface area contributed by atoms with Crippen LogP contribution >= 0.6 is 34.5 Å². The zero-order chi connectivity index (χ0) is 24.4. The highest BCUT2D eigenvalue weighted by atomic mass is 35.5. The molecule has 174 valence electrons. The first kappa shape index (κ1) is 23.0. The van der Waals surface area contributed by atoms with Gasteiger partial charge in [0.15, 0.2) is 12.4 Å². The second-order valence-electron chi connectivity index (χ2n) is 7.44. The highest BCUT2D eigenvalue weighted by Gasteiger charge is 2.13. The monoisotopic (exact) mass is 522 g/mol. The van der Waals surface area contributed by atoms with E-state index >= 15 is 0 Å². The summed E-state index contributed by atoms with van der Waals surface area (Å²) in [6.07, 6.45) is 1.66. The minimum Gasteiger partial charge on any atom is -0.483 e. The Bertz CT molecular complexity index is 1630. The summed E-state index contributed by atoms with van der Waals surface area (Å²) in [4.78, 5) is 30.2. The van der Waals surface area contributed by atoms with Crippen molar-refractivity contribution in [2.45, 2.75) is 0 Å². The second kappa shape index (κ2) is 9.87. The molecule has 35 heavy (non-hydrogen) atoms. The van der Waals surface area contributed by atoms with Crippen LogP contribution < -0.4 is 20.1 Å². The number of fused-ring (bicyclic) bond motifs is 1. The molecule has 0 radical (unpaired) electrons. The van der Waals surface area contributed by atoms with Gasteiger partial charge in [-0.15, -0.1) is 5.10 Å². The Labute approximate surface area is 213 Å². The molecule has 7 nitrogen and oxygen atoms in total. The zero-order valence-electron chi connectivity index (χ0n) is 17.9. The van der Waals surface area contributed by atoms with Gasteiger partial charge in [0.05, 0.1) is 4.53 Å². The molecule has 5 rings (SSSR count). The number of nitrogens with one attached hydrogen (secondary N) is 1. The van der Waals surface area contributed by atoms with E-state index in [4.69, 9.17) is 27.9 Å². The van der Waals surface area contributed by atoms with Crippen molar-refractivity contribution in [1.82, 2.24) is 14.6 Å². The summed E-state index contributed by atoms with van der Waals surface area (Å²) >= 11 is 13.3. The molecular weight excluding hydrogens is 507 g/mol. The lowest BCUT2D eigenvalue weighted by atomic mass is 10.2. The number of thiazole rings is 1. The quantitative estimate of drug-likeness (QED) is 0.349. The Hall–Kier alpha value is -3.72. The van der Waals surface area contributed by atoms with Crippen LogP contribution in [-0.2, 0) is 4.79 Å².